The van der Waals surface area contributed by atoms with Gasteiger partial charge in [0, 0.05) is 61.7 Å². The monoisotopic (exact) mass is 2040 g/mol. The summed E-state index contributed by atoms with van der Waals surface area (Å²) in [5.74, 6) is 3.84. The van der Waals surface area contributed by atoms with Crippen LogP contribution in [-0.4, -0.2) is 28.3 Å². The average molecular weight is 2040 g/mol. The van der Waals surface area contributed by atoms with E-state index in [9.17, 15) is 0 Å². The summed E-state index contributed by atoms with van der Waals surface area (Å²) in [7, 11) is 4.23. The van der Waals surface area contributed by atoms with E-state index in [2.05, 4.69) is 427 Å². The molecular weight excluding hydrogens is 1920 g/mol. The number of hydrogen-bond acceptors (Lipinski definition) is 10. The van der Waals surface area contributed by atoms with Gasteiger partial charge in [-0.15, -0.1) is 47.1 Å². The Morgan fingerprint density at radius 1 is 0.377 bits per heavy atom. The summed E-state index contributed by atoms with van der Waals surface area (Å²) in [6.45, 7) is 58.7. The Bertz CT molecular complexity index is 5250. The molecule has 2 aromatic heterocycles. The van der Waals surface area contributed by atoms with Gasteiger partial charge in [-0.3, -0.25) is 0 Å². The first-order chi connectivity index (χ1) is 57.9. The van der Waals surface area contributed by atoms with Crippen molar-refractivity contribution in [1.82, 2.24) is 9.97 Å². The molecule has 0 N–H and O–H groups in total. The molecule has 0 unspecified atom stereocenters. The molecule has 8 nitrogen and oxygen atoms in total. The Kier molecular flexibility index (Phi) is 30.0. The van der Waals surface area contributed by atoms with Gasteiger partial charge >= 0.3 is 36.3 Å². The van der Waals surface area contributed by atoms with Crippen molar-refractivity contribution < 1.29 is 51.7 Å². The zero-order chi connectivity index (χ0) is 86.9. The molecule has 1 fully saturated rings. The number of benzene rings is 10. The van der Waals surface area contributed by atoms with Crippen LogP contribution in [0.4, 0.5) is 22.7 Å². The molecule has 3 aliphatic heterocycles. The van der Waals surface area contributed by atoms with E-state index < -0.39 is 0 Å². The first-order valence-electron chi connectivity index (χ1n) is 44.2. The van der Waals surface area contributed by atoms with Gasteiger partial charge in [-0.1, -0.05) is 291 Å². The maximum atomic E-state index is 6.40. The third-order valence-electron chi connectivity index (χ3n) is 26.3. The third-order valence-corrected chi connectivity index (χ3v) is 28.5. The molecule has 2 aliphatic carbocycles. The van der Waals surface area contributed by atoms with Gasteiger partial charge in [0.05, 0.1) is 31.6 Å². The summed E-state index contributed by atoms with van der Waals surface area (Å²) in [5, 5.41) is 2.20. The van der Waals surface area contributed by atoms with E-state index in [0.29, 0.717) is 47.3 Å². The van der Waals surface area contributed by atoms with E-state index in [1.807, 2.05) is 6.07 Å². The minimum atomic E-state index is -0.349. The molecule has 17 rings (SSSR count). The first kappa shape index (κ1) is 93.6. The van der Waals surface area contributed by atoms with E-state index in [1.165, 1.54) is 132 Å². The molecule has 0 atom stereocenters. The molecule has 5 heterocycles. The third kappa shape index (κ3) is 18.1. The number of anilines is 4. The molecule has 647 valence electrons. The van der Waals surface area contributed by atoms with Crippen LogP contribution >= 0.6 is 31.9 Å². The van der Waals surface area contributed by atoms with Crippen LogP contribution in [0.15, 0.2) is 219 Å². The molecular formula is C108H126Au2BClN6O2S2-3. The minimum absolute atomic E-state index is 0. The fourth-order valence-electron chi connectivity index (χ4n) is 18.8. The van der Waals surface area contributed by atoms with Gasteiger partial charge in [-0.25, -0.2) is 9.97 Å². The van der Waals surface area contributed by atoms with Gasteiger partial charge in [0.1, 0.15) is 10.0 Å². The van der Waals surface area contributed by atoms with Crippen molar-refractivity contribution in [3.8, 4) is 43.4 Å². The number of thiazole rings is 2. The second kappa shape index (κ2) is 39.1. The molecule has 0 spiro atoms. The van der Waals surface area contributed by atoms with Crippen molar-refractivity contribution in [3.63, 3.8) is 0 Å². The molecule has 10 aromatic carbocycles. The van der Waals surface area contributed by atoms with Crippen LogP contribution in [0, 0.1) is 19.4 Å². The van der Waals surface area contributed by atoms with Crippen molar-refractivity contribution in [2.45, 2.75) is 261 Å². The van der Waals surface area contributed by atoms with Crippen LogP contribution in [0.5, 0.6) is 0 Å². The number of hydrogen-bond donors (Lipinski definition) is 0. The number of rotatable bonds is 19. The summed E-state index contributed by atoms with van der Waals surface area (Å²) in [6.07, 6.45) is 13.2. The van der Waals surface area contributed by atoms with Crippen LogP contribution in [-0.2, 0) is 62.5 Å². The fourth-order valence-corrected chi connectivity index (χ4v) is 20.7. The van der Waals surface area contributed by atoms with Crippen LogP contribution in [0.3, 0.4) is 0 Å². The second-order valence-corrected chi connectivity index (χ2v) is 38.8. The predicted octanol–water partition coefficient (Wildman–Crippen LogP) is 31.1. The van der Waals surface area contributed by atoms with Crippen LogP contribution in [0.2, 0.25) is 0 Å². The van der Waals surface area contributed by atoms with E-state index in [0.717, 1.165) is 52.2 Å². The first-order valence-corrected chi connectivity index (χ1v) is 48.6. The Morgan fingerprint density at radius 2 is 0.664 bits per heavy atom. The maximum absolute atomic E-state index is 6.40. The van der Waals surface area contributed by atoms with Gasteiger partial charge in [-0.2, -0.15) is 24.3 Å². The van der Waals surface area contributed by atoms with Gasteiger partial charge in [0.25, 0.3) is 0 Å². The normalized spacial score (nSPS) is 15.5. The summed E-state index contributed by atoms with van der Waals surface area (Å²) in [5.41, 5.74) is 32.8. The van der Waals surface area contributed by atoms with Crippen molar-refractivity contribution in [1.29, 1.82) is 0 Å². The molecule has 122 heavy (non-hydrogen) atoms. The Morgan fingerprint density at radius 3 is 0.967 bits per heavy atom. The van der Waals surface area contributed by atoms with Gasteiger partial charge < -0.3 is 28.9 Å². The Hall–Kier alpha value is -7.58. The zero-order valence-corrected chi connectivity index (χ0v) is 83.0. The zero-order valence-electron chi connectivity index (χ0n) is 76.3. The van der Waals surface area contributed by atoms with Crippen molar-refractivity contribution in [3.05, 3.63) is 305 Å². The number of aromatic nitrogens is 2. The standard InChI is InChI=1S/C30H32BNO2S.2C27H37N2.C24H20NS.2Au.ClH/c1-7-30(8-2)23-17-19(27-32-25-11-9-10-12-26(25)35-27)13-15-21(23)22-16-14-20(18-24(22)30)31-33-28(3,4)29(5,6)34-31;2*1-18(2)22-11-9-12-23(19(3)4)26(22)28-15-16-29(17-28)27-24(20(5)6)13-10-14-25(27)21(7)8;1-3-24(4-2)19-10-6-5-9-17(19)18-14-13-16(15-20(18)24)23-25-21-11-7-8-12-22(21)26-23;;;/h9-18H,7-8H2,1-6H3;2*9-21H,1-8H3;5,7-15H,3-4H2,1-2H3;;;1H/q;3*-1;;+1;/p-1. The molecule has 1 radical (unpaired) electrons. The topological polar surface area (TPSA) is 57.2 Å². The van der Waals surface area contributed by atoms with Gasteiger partial charge in [-0.05, 0) is 238 Å². The quantitative estimate of drug-likeness (QED) is 0.0586. The van der Waals surface area contributed by atoms with Crippen LogP contribution in [0.1, 0.15) is 306 Å². The second-order valence-electron chi connectivity index (χ2n) is 36.8. The van der Waals surface area contributed by atoms with Crippen molar-refractivity contribution in [2.24, 2.45) is 0 Å². The molecule has 0 bridgehead atoms. The molecule has 1 saturated heterocycles. The van der Waals surface area contributed by atoms with Crippen molar-refractivity contribution in [2.75, 3.05) is 19.6 Å². The van der Waals surface area contributed by atoms with Gasteiger partial charge in [0.2, 0.25) is 0 Å². The van der Waals surface area contributed by atoms with E-state index >= 15 is 0 Å². The Labute approximate surface area is 771 Å². The molecule has 0 amide bonds. The number of para-hydroxylation sites is 6. The van der Waals surface area contributed by atoms with E-state index in [-0.39, 0.29) is 51.5 Å². The molecule has 14 heteroatoms. The molecule has 12 aromatic rings. The summed E-state index contributed by atoms with van der Waals surface area (Å²) >= 11 is 5.30. The van der Waals surface area contributed by atoms with E-state index in [4.69, 9.17) is 19.3 Å². The fraction of sp³-hybridized carbons (Fsp3) is 0.370. The SMILES string of the molecule is CC(C)c1cccc(C(C)C)c1N1C=CN(c2c(C(C)C)cccc2C(C)C)[CH-]1.CC(C)c1cccc(C(C)C)c1N1C=CN(c2c(C(C)C)cccc2C(C)C)[CH-]1.CCC1(CC)c2c[c-]ccc2-c2ccc(-c3nc4ccccc4s3)cc21.CCC1(CC)c2cc(B3OC(C)(C)C(C)(C)O3)ccc2-c2ccc(-c3nc4ccccc4s3)cc21.[Au].[Cl][Au]. The molecule has 0 saturated carbocycles. The summed E-state index contributed by atoms with van der Waals surface area (Å²) < 4.78 is 15.3. The average Bonchev–Trinajstić information content (AvgIpc) is 1.57. The van der Waals surface area contributed by atoms with Crippen LogP contribution < -0.4 is 25.1 Å². The summed E-state index contributed by atoms with van der Waals surface area (Å²) in [6, 6.07) is 74.2. The summed E-state index contributed by atoms with van der Waals surface area (Å²) in [4.78, 5) is 19.1. The predicted molar refractivity (Wildman–Crippen MR) is 519 cm³/mol. The van der Waals surface area contributed by atoms with Crippen molar-refractivity contribution >= 4 is 87.6 Å². The number of halogens is 1. The number of fused-ring (bicyclic) bond motifs is 8. The van der Waals surface area contributed by atoms with Crippen LogP contribution in [0.25, 0.3) is 63.8 Å². The number of nitrogens with zero attached hydrogens (tertiary/aromatic N) is 6. The van der Waals surface area contributed by atoms with Gasteiger partial charge in [0.15, 0.2) is 0 Å². The van der Waals surface area contributed by atoms with E-state index in [1.54, 1.807) is 42.7 Å². The Balaban J connectivity index is 0.000000148. The molecule has 5 aliphatic rings.